The molecular formula is H6NNbO2-. The van der Waals surface area contributed by atoms with Gasteiger partial charge in [0, 0.05) is 22.4 Å². The zero-order valence-corrected chi connectivity index (χ0v) is 4.22. The second-order valence-electron chi connectivity index (χ2n) is 0. The fourth-order valence-electron chi connectivity index (χ4n) is 0. The van der Waals surface area contributed by atoms with E-state index in [1.807, 2.05) is 0 Å². The van der Waals surface area contributed by atoms with E-state index in [0.717, 1.165) is 0 Å². The minimum absolute atomic E-state index is 0. The maximum absolute atomic E-state index is 0. The van der Waals surface area contributed by atoms with Crippen LogP contribution in [0, 0.1) is 0 Å². The van der Waals surface area contributed by atoms with Gasteiger partial charge in [0.1, 0.15) is 0 Å². The van der Waals surface area contributed by atoms with Crippen LogP contribution in [0.15, 0.2) is 0 Å². The van der Waals surface area contributed by atoms with Crippen LogP contribution in [0.3, 0.4) is 0 Å². The van der Waals surface area contributed by atoms with Crippen LogP contribution in [0.25, 0.3) is 6.15 Å². The van der Waals surface area contributed by atoms with Crippen molar-refractivity contribution in [2.45, 2.75) is 0 Å². The summed E-state index contributed by atoms with van der Waals surface area (Å²) < 4.78 is 0. The van der Waals surface area contributed by atoms with Gasteiger partial charge in [-0.3, -0.25) is 0 Å². The van der Waals surface area contributed by atoms with E-state index in [4.69, 9.17) is 0 Å². The van der Waals surface area contributed by atoms with Crippen molar-refractivity contribution in [2.24, 2.45) is 0 Å². The Labute approximate surface area is 40.1 Å². The van der Waals surface area contributed by atoms with E-state index in [1.54, 1.807) is 0 Å². The van der Waals surface area contributed by atoms with Crippen LogP contribution >= 0.6 is 0 Å². The molecule has 0 aliphatic carbocycles. The first-order valence-corrected chi connectivity index (χ1v) is 0. The Bertz CT molecular complexity index is 6.00. The Morgan fingerprint density at radius 2 is 0.750 bits per heavy atom. The zero-order chi connectivity index (χ0) is 0. The van der Waals surface area contributed by atoms with E-state index in [0.29, 0.717) is 0 Å². The summed E-state index contributed by atoms with van der Waals surface area (Å²) >= 11 is 0. The molecule has 0 bridgehead atoms. The van der Waals surface area contributed by atoms with Gasteiger partial charge in [-0.1, -0.05) is 0 Å². The van der Waals surface area contributed by atoms with Crippen LogP contribution in [-0.2, 0) is 22.4 Å². The molecule has 0 atom stereocenters. The number of nitrogens with two attached hydrogens (primary N) is 1. The maximum Gasteiger partial charge on any atom is 0 e. The molecule has 0 spiro atoms. The Morgan fingerprint density at radius 3 is 0.750 bits per heavy atom. The van der Waals surface area contributed by atoms with E-state index in [-0.39, 0.29) is 39.5 Å². The summed E-state index contributed by atoms with van der Waals surface area (Å²) in [5.74, 6) is 0. The molecular weight excluding hydrogens is 139 g/mol. The third-order valence-corrected chi connectivity index (χ3v) is 0. The average Bonchev–Trinajstić information content (AvgIpc) is 0. The first-order chi connectivity index (χ1) is 0. The fourth-order valence-corrected chi connectivity index (χ4v) is 0. The van der Waals surface area contributed by atoms with E-state index in [1.165, 1.54) is 0 Å². The van der Waals surface area contributed by atoms with Gasteiger partial charge >= 0.3 is 0 Å². The van der Waals surface area contributed by atoms with E-state index >= 15 is 0 Å². The van der Waals surface area contributed by atoms with Crippen molar-refractivity contribution in [1.82, 2.24) is 0 Å². The number of hydrogen-bond donors (Lipinski definition) is 0. The molecule has 0 aliphatic rings. The summed E-state index contributed by atoms with van der Waals surface area (Å²) in [6.07, 6.45) is 0. The molecule has 0 saturated carbocycles. The normalized spacial score (nSPS) is 0. The molecule has 0 unspecified atom stereocenters. The smallest absolute Gasteiger partial charge is 0 e. The van der Waals surface area contributed by atoms with E-state index in [2.05, 4.69) is 0 Å². The van der Waals surface area contributed by atoms with Crippen molar-refractivity contribution in [3.8, 4) is 0 Å². The summed E-state index contributed by atoms with van der Waals surface area (Å²) in [4.78, 5) is 0. The van der Waals surface area contributed by atoms with Gasteiger partial charge in [0.05, 0.1) is 0 Å². The SMILES string of the molecule is O.O.[NH2-].[Nb]. The second kappa shape index (κ2) is 64.6. The van der Waals surface area contributed by atoms with Gasteiger partial charge < -0.3 is 17.1 Å². The molecule has 0 aromatic rings. The quantitative estimate of drug-likeness (QED) is 0.393. The third kappa shape index (κ3) is 17.9. The number of hydrogen-bond acceptors (Lipinski definition) is 0. The summed E-state index contributed by atoms with van der Waals surface area (Å²) in [6, 6.07) is 0. The van der Waals surface area contributed by atoms with Crippen molar-refractivity contribution >= 4 is 0 Å². The largest absolute Gasteiger partial charge is 0.693 e. The molecule has 6 N–H and O–H groups in total. The van der Waals surface area contributed by atoms with Gasteiger partial charge in [-0.15, -0.1) is 0 Å². The first-order valence-electron chi connectivity index (χ1n) is 0. The van der Waals surface area contributed by atoms with Gasteiger partial charge in [-0.2, -0.15) is 0 Å². The van der Waals surface area contributed by atoms with Crippen molar-refractivity contribution in [3.63, 3.8) is 0 Å². The van der Waals surface area contributed by atoms with Gasteiger partial charge in [0.15, 0.2) is 0 Å². The summed E-state index contributed by atoms with van der Waals surface area (Å²) in [6.45, 7) is 0. The van der Waals surface area contributed by atoms with Gasteiger partial charge in [0.25, 0.3) is 0 Å². The van der Waals surface area contributed by atoms with Crippen LogP contribution in [0.2, 0.25) is 0 Å². The monoisotopic (exact) mass is 145 g/mol. The van der Waals surface area contributed by atoms with E-state index < -0.39 is 0 Å². The maximum atomic E-state index is 0. The minimum Gasteiger partial charge on any atom is -0.693 e. The molecule has 1 radical (unpaired) electrons. The molecule has 0 aliphatic heterocycles. The van der Waals surface area contributed by atoms with Crippen LogP contribution in [0.4, 0.5) is 0 Å². The summed E-state index contributed by atoms with van der Waals surface area (Å²) in [7, 11) is 0. The van der Waals surface area contributed by atoms with Crippen LogP contribution < -0.4 is 0 Å². The average molecular weight is 145 g/mol. The topological polar surface area (TPSA) is 96.5 Å². The molecule has 4 heteroatoms. The van der Waals surface area contributed by atoms with E-state index in [9.17, 15) is 0 Å². The Kier molecular flexibility index (Phi) is 2540. The predicted octanol–water partition coefficient (Wildman–Crippen LogP) is -0.935. The molecule has 0 aromatic heterocycles. The summed E-state index contributed by atoms with van der Waals surface area (Å²) in [5, 5.41) is 0. The molecule has 0 heterocycles. The molecule has 0 fully saturated rings. The molecule has 4 heavy (non-hydrogen) atoms. The third-order valence-electron chi connectivity index (χ3n) is 0. The Morgan fingerprint density at radius 1 is 0.750 bits per heavy atom. The van der Waals surface area contributed by atoms with Crippen LogP contribution in [-0.4, -0.2) is 11.0 Å². The molecule has 29 valence electrons. The molecule has 0 saturated heterocycles. The second-order valence-corrected chi connectivity index (χ2v) is 0. The Balaban J connectivity index is 0. The predicted molar refractivity (Wildman–Crippen MR) is 12.5 cm³/mol. The fraction of sp³-hybridized carbons (Fsp3) is 0. The Hall–Kier alpha value is 0.620. The number of rotatable bonds is 0. The molecule has 0 amide bonds. The van der Waals surface area contributed by atoms with Crippen molar-refractivity contribution < 1.29 is 33.3 Å². The van der Waals surface area contributed by atoms with Crippen LogP contribution in [0.1, 0.15) is 0 Å². The van der Waals surface area contributed by atoms with Crippen molar-refractivity contribution in [2.75, 3.05) is 0 Å². The van der Waals surface area contributed by atoms with Gasteiger partial charge in [-0.25, -0.2) is 0 Å². The van der Waals surface area contributed by atoms with Crippen molar-refractivity contribution in [3.05, 3.63) is 6.15 Å². The standard InChI is InChI=1S/H2N.Nb.2H2O/h1H2;;2*1H2/q-1;;;. The molecule has 3 nitrogen and oxygen atoms in total. The summed E-state index contributed by atoms with van der Waals surface area (Å²) in [5.41, 5.74) is 0. The van der Waals surface area contributed by atoms with Crippen molar-refractivity contribution in [1.29, 1.82) is 0 Å². The zero-order valence-electron chi connectivity index (χ0n) is 2.02. The molecule has 0 aromatic carbocycles. The minimum atomic E-state index is 0. The van der Waals surface area contributed by atoms with Gasteiger partial charge in [0.2, 0.25) is 0 Å². The van der Waals surface area contributed by atoms with Crippen LogP contribution in [0.5, 0.6) is 0 Å². The first kappa shape index (κ1) is 157. The molecule has 0 rings (SSSR count). The van der Waals surface area contributed by atoms with Gasteiger partial charge in [-0.05, 0) is 0 Å².